The van der Waals surface area contributed by atoms with E-state index in [2.05, 4.69) is 10.3 Å². The quantitative estimate of drug-likeness (QED) is 0.181. The van der Waals surface area contributed by atoms with E-state index in [0.29, 0.717) is 21.2 Å². The highest BCUT2D eigenvalue weighted by atomic mass is 35.5. The van der Waals surface area contributed by atoms with Crippen molar-refractivity contribution in [3.05, 3.63) is 97.4 Å². The second-order valence-corrected chi connectivity index (χ2v) is 12.5. The van der Waals surface area contributed by atoms with Crippen LogP contribution in [0.3, 0.4) is 0 Å². The molecule has 3 heterocycles. The van der Waals surface area contributed by atoms with Crippen molar-refractivity contribution >= 4 is 63.8 Å². The molecule has 6 rings (SSSR count). The number of carbonyl (C=O) groups is 3. The Morgan fingerprint density at radius 1 is 1.05 bits per heavy atom. The number of phenolic OH excluding ortho intramolecular Hbond substituents is 1. The Balaban J connectivity index is 1.36. The Kier molecular flexibility index (Phi) is 7.68. The number of carbonyl (C=O) groups excluding carboxylic acids is 3. The van der Waals surface area contributed by atoms with Gasteiger partial charge in [-0.15, -0.1) is 0 Å². The molecule has 15 heteroatoms. The molecule has 2 aliphatic heterocycles. The van der Waals surface area contributed by atoms with Gasteiger partial charge < -0.3 is 20.1 Å². The van der Waals surface area contributed by atoms with Gasteiger partial charge in [0.25, 0.3) is 5.91 Å². The molecule has 0 saturated carbocycles. The molecule has 9 nitrogen and oxygen atoms in total. The third-order valence-electron chi connectivity index (χ3n) is 7.07. The summed E-state index contributed by atoms with van der Waals surface area (Å²) >= 11 is 8.14. The summed E-state index contributed by atoms with van der Waals surface area (Å²) in [6.45, 7) is -0.468. The number of nitrogens with zero attached hydrogens (tertiary/aromatic N) is 1. The van der Waals surface area contributed by atoms with Crippen LogP contribution in [-0.4, -0.2) is 39.7 Å². The highest BCUT2D eigenvalue weighted by Gasteiger charge is 2.57. The number of thioether (sulfide) groups is 1. The maximum absolute atomic E-state index is 14.0. The number of phenols is 1. The number of H-pyrrole nitrogens is 1. The Bertz CT molecular complexity index is 1860. The van der Waals surface area contributed by atoms with Crippen LogP contribution in [0.5, 0.6) is 11.5 Å². The average molecular weight is 662 g/mol. The highest BCUT2D eigenvalue weighted by Crippen LogP contribution is 2.55. The van der Waals surface area contributed by atoms with E-state index in [4.69, 9.17) is 16.3 Å². The van der Waals surface area contributed by atoms with Gasteiger partial charge in [0.1, 0.15) is 16.7 Å². The monoisotopic (exact) mass is 661 g/mol. The Labute approximate surface area is 259 Å². The number of hydrogen-bond donors (Lipinski definition) is 3. The summed E-state index contributed by atoms with van der Waals surface area (Å²) in [6.07, 6.45) is -4.70. The van der Waals surface area contributed by atoms with Gasteiger partial charge in [0.2, 0.25) is 11.8 Å². The minimum absolute atomic E-state index is 0.0204. The fourth-order valence-electron chi connectivity index (χ4n) is 5.21. The normalized spacial score (nSPS) is 19.5. The smallest absolute Gasteiger partial charge is 0.416 e. The molecule has 0 bridgehead atoms. The van der Waals surface area contributed by atoms with E-state index in [0.717, 1.165) is 46.2 Å². The zero-order chi connectivity index (χ0) is 31.3. The first-order valence-corrected chi connectivity index (χ1v) is 14.9. The number of benzene rings is 3. The SMILES string of the molecule is O=C(COc1ccc(Cl)cc1[C@@H]1c2sc(=O)[nH]c2S[C@H]2C(=O)N(c3cccc(C(F)(F)F)c3)C(=O)[C@@H]12)Nc1ccc(O)cc1. The number of amides is 3. The van der Waals surface area contributed by atoms with Gasteiger partial charge in [0.15, 0.2) is 6.61 Å². The molecular formula is C29H19ClF3N3O6S2. The van der Waals surface area contributed by atoms with Crippen LogP contribution in [-0.2, 0) is 20.6 Å². The second kappa shape index (κ2) is 11.3. The number of aromatic amines is 1. The average Bonchev–Trinajstić information content (AvgIpc) is 3.47. The van der Waals surface area contributed by atoms with Crippen molar-refractivity contribution in [2.24, 2.45) is 5.92 Å². The molecule has 1 aromatic heterocycles. The topological polar surface area (TPSA) is 129 Å². The zero-order valence-electron chi connectivity index (χ0n) is 22.1. The van der Waals surface area contributed by atoms with Gasteiger partial charge in [-0.2, -0.15) is 13.2 Å². The molecule has 3 atom stereocenters. The number of hydrogen-bond acceptors (Lipinski definition) is 8. The number of ether oxygens (including phenoxy) is 1. The van der Waals surface area contributed by atoms with Crippen LogP contribution in [0.4, 0.5) is 24.5 Å². The standard InChI is InChI=1S/C29H19ClF3N3O6S2/c30-14-4-9-19(42-12-20(38)34-15-5-7-17(37)8-6-15)18(11-14)21-22-24(43-25-23(21)44-28(41)35-25)27(40)36(26(22)39)16-3-1-2-13(10-16)29(31,32)33/h1-11,21-22,24,37H,12H2,(H,34,38)(H,35,41)/t21-,22-,24+/m0/s1. The van der Waals surface area contributed by atoms with E-state index >= 15 is 0 Å². The van der Waals surface area contributed by atoms with E-state index in [1.165, 1.54) is 48.5 Å². The summed E-state index contributed by atoms with van der Waals surface area (Å²) in [4.78, 5) is 56.1. The number of rotatable bonds is 6. The summed E-state index contributed by atoms with van der Waals surface area (Å²) in [5, 5.41) is 11.6. The van der Waals surface area contributed by atoms with Crippen molar-refractivity contribution in [1.82, 2.24) is 4.98 Å². The first-order chi connectivity index (χ1) is 20.9. The first-order valence-electron chi connectivity index (χ1n) is 12.9. The molecule has 3 N–H and O–H groups in total. The fourth-order valence-corrected chi connectivity index (χ4v) is 7.89. The number of imide groups is 1. The summed E-state index contributed by atoms with van der Waals surface area (Å²) in [5.41, 5.74) is -0.525. The van der Waals surface area contributed by atoms with Crippen LogP contribution < -0.4 is 19.8 Å². The molecule has 3 aromatic carbocycles. The molecule has 3 amide bonds. The molecule has 0 radical (unpaired) electrons. The van der Waals surface area contributed by atoms with E-state index < -0.39 is 58.0 Å². The maximum atomic E-state index is 14.0. The number of fused-ring (bicyclic) bond motifs is 2. The van der Waals surface area contributed by atoms with E-state index in [-0.39, 0.29) is 22.2 Å². The van der Waals surface area contributed by atoms with E-state index in [1.54, 1.807) is 0 Å². The summed E-state index contributed by atoms with van der Waals surface area (Å²) in [5.74, 6) is -3.94. The van der Waals surface area contributed by atoms with Crippen molar-refractivity contribution in [2.75, 3.05) is 16.8 Å². The van der Waals surface area contributed by atoms with Gasteiger partial charge in [0.05, 0.1) is 22.2 Å². The van der Waals surface area contributed by atoms with Gasteiger partial charge in [0, 0.05) is 27.1 Å². The van der Waals surface area contributed by atoms with Crippen LogP contribution in [0.15, 0.2) is 76.6 Å². The summed E-state index contributed by atoms with van der Waals surface area (Å²) in [6, 6.07) is 14.2. The maximum Gasteiger partial charge on any atom is 0.416 e. The lowest BCUT2D eigenvalue weighted by atomic mass is 9.82. The largest absolute Gasteiger partial charge is 0.508 e. The number of aromatic hydroxyl groups is 1. The lowest BCUT2D eigenvalue weighted by Crippen LogP contribution is -2.32. The lowest BCUT2D eigenvalue weighted by molar-refractivity contribution is -0.137. The Hall–Kier alpha value is -4.27. The number of anilines is 2. The van der Waals surface area contributed by atoms with Crippen LogP contribution in [0.2, 0.25) is 5.02 Å². The molecule has 0 spiro atoms. The van der Waals surface area contributed by atoms with Crippen LogP contribution in [0, 0.1) is 5.92 Å². The first kappa shape index (κ1) is 29.8. The molecule has 0 unspecified atom stereocenters. The fraction of sp³-hybridized carbons (Fsp3) is 0.172. The van der Waals surface area contributed by atoms with Crippen molar-refractivity contribution in [3.63, 3.8) is 0 Å². The highest BCUT2D eigenvalue weighted by molar-refractivity contribution is 8.00. The number of halogens is 4. The molecule has 1 fully saturated rings. The third kappa shape index (κ3) is 5.55. The Morgan fingerprint density at radius 2 is 1.80 bits per heavy atom. The molecule has 4 aromatic rings. The van der Waals surface area contributed by atoms with Crippen molar-refractivity contribution < 1.29 is 37.4 Å². The lowest BCUT2D eigenvalue weighted by Gasteiger charge is -2.31. The minimum Gasteiger partial charge on any atom is -0.508 e. The zero-order valence-corrected chi connectivity index (χ0v) is 24.4. The van der Waals surface area contributed by atoms with Gasteiger partial charge in [-0.1, -0.05) is 40.8 Å². The predicted molar refractivity (Wildman–Crippen MR) is 158 cm³/mol. The summed E-state index contributed by atoms with van der Waals surface area (Å²) < 4.78 is 46.2. The molecule has 2 aliphatic rings. The van der Waals surface area contributed by atoms with Gasteiger partial charge >= 0.3 is 11.0 Å². The molecule has 0 aliphatic carbocycles. The second-order valence-electron chi connectivity index (χ2n) is 9.88. The molecule has 1 saturated heterocycles. The van der Waals surface area contributed by atoms with Crippen LogP contribution in [0.25, 0.3) is 0 Å². The van der Waals surface area contributed by atoms with Crippen molar-refractivity contribution in [2.45, 2.75) is 22.4 Å². The van der Waals surface area contributed by atoms with Gasteiger partial charge in [-0.25, -0.2) is 4.90 Å². The molecule has 226 valence electrons. The van der Waals surface area contributed by atoms with Crippen molar-refractivity contribution in [1.29, 1.82) is 0 Å². The van der Waals surface area contributed by atoms with Crippen LogP contribution in [0.1, 0.15) is 21.9 Å². The van der Waals surface area contributed by atoms with E-state index in [1.807, 2.05) is 0 Å². The van der Waals surface area contributed by atoms with Crippen LogP contribution >= 0.6 is 34.7 Å². The summed E-state index contributed by atoms with van der Waals surface area (Å²) in [7, 11) is 0. The van der Waals surface area contributed by atoms with E-state index in [9.17, 15) is 37.5 Å². The van der Waals surface area contributed by atoms with Crippen molar-refractivity contribution in [3.8, 4) is 11.5 Å². The predicted octanol–water partition coefficient (Wildman–Crippen LogP) is 5.63. The number of aromatic nitrogens is 1. The number of thiazole rings is 1. The Morgan fingerprint density at radius 3 is 2.52 bits per heavy atom. The van der Waals surface area contributed by atoms with Gasteiger partial charge in [-0.3, -0.25) is 19.2 Å². The molecule has 44 heavy (non-hydrogen) atoms. The number of nitrogens with one attached hydrogen (secondary N) is 2. The number of alkyl halides is 3. The van der Waals surface area contributed by atoms with Gasteiger partial charge in [-0.05, 0) is 60.7 Å². The molecular weight excluding hydrogens is 643 g/mol. The minimum atomic E-state index is -4.70. The third-order valence-corrected chi connectivity index (χ3v) is 9.71.